The molecule has 1 aromatic carbocycles. The maximum absolute atomic E-state index is 12.9. The van der Waals surface area contributed by atoms with Crippen LogP contribution in [-0.4, -0.2) is 10.6 Å². The summed E-state index contributed by atoms with van der Waals surface area (Å²) in [6.45, 7) is 2.02. The lowest BCUT2D eigenvalue weighted by Crippen LogP contribution is -2.06. The monoisotopic (exact) mass is 283 g/mol. The number of anilines is 2. The van der Waals surface area contributed by atoms with Crippen LogP contribution in [0.25, 0.3) is 0 Å². The zero-order valence-electron chi connectivity index (χ0n) is 10.1. The average Bonchev–Trinajstić information content (AvgIpc) is 2.70. The van der Waals surface area contributed by atoms with Gasteiger partial charge in [-0.05, 0) is 42.4 Å². The third kappa shape index (κ3) is 2.76. The summed E-state index contributed by atoms with van der Waals surface area (Å²) in [6, 6.07) is 6.55. The van der Waals surface area contributed by atoms with Gasteiger partial charge in [-0.2, -0.15) is 4.37 Å². The summed E-state index contributed by atoms with van der Waals surface area (Å²) in [4.78, 5) is 0.967. The molecule has 0 saturated carbocycles. The lowest BCUT2D eigenvalue weighted by Gasteiger charge is -2.14. The van der Waals surface area contributed by atoms with Crippen LogP contribution in [0.4, 0.5) is 15.2 Å². The standard InChI is InChI=1S/C12H14FN3S2/c1-7(8-3-5-9(13)6-4-8)15-12-10(17-2)11(14)16-18-12/h3-7,15H,1-2H3,(H2,14,16). The van der Waals surface area contributed by atoms with Crippen molar-refractivity contribution in [2.24, 2.45) is 0 Å². The summed E-state index contributed by atoms with van der Waals surface area (Å²) in [5, 5.41) is 4.31. The minimum Gasteiger partial charge on any atom is -0.382 e. The third-order valence-corrected chi connectivity index (χ3v) is 4.34. The Morgan fingerprint density at radius 1 is 1.39 bits per heavy atom. The van der Waals surface area contributed by atoms with Crippen LogP contribution in [0.5, 0.6) is 0 Å². The molecule has 1 atom stereocenters. The number of nitrogens with zero attached hydrogens (tertiary/aromatic N) is 1. The van der Waals surface area contributed by atoms with Crippen molar-refractivity contribution < 1.29 is 4.39 Å². The van der Waals surface area contributed by atoms with Gasteiger partial charge in [-0.3, -0.25) is 0 Å². The number of nitrogens with one attached hydrogen (secondary N) is 1. The highest BCUT2D eigenvalue weighted by Gasteiger charge is 2.13. The molecule has 0 radical (unpaired) electrons. The predicted molar refractivity (Wildman–Crippen MR) is 76.7 cm³/mol. The molecule has 0 bridgehead atoms. The fourth-order valence-electron chi connectivity index (χ4n) is 1.61. The minimum atomic E-state index is -0.224. The van der Waals surface area contributed by atoms with E-state index in [-0.39, 0.29) is 11.9 Å². The lowest BCUT2D eigenvalue weighted by atomic mass is 10.1. The summed E-state index contributed by atoms with van der Waals surface area (Å²) < 4.78 is 17.0. The fourth-order valence-corrected chi connectivity index (χ4v) is 3.23. The zero-order valence-corrected chi connectivity index (χ0v) is 11.7. The Labute approximate surface area is 114 Å². The maximum atomic E-state index is 12.9. The van der Waals surface area contributed by atoms with Gasteiger partial charge in [0.05, 0.1) is 4.90 Å². The molecule has 2 aromatic rings. The van der Waals surface area contributed by atoms with Gasteiger partial charge in [0.1, 0.15) is 10.8 Å². The van der Waals surface area contributed by atoms with E-state index in [1.807, 2.05) is 13.2 Å². The first-order valence-electron chi connectivity index (χ1n) is 5.43. The normalized spacial score (nSPS) is 12.4. The highest BCUT2D eigenvalue weighted by Crippen LogP contribution is 2.36. The number of benzene rings is 1. The van der Waals surface area contributed by atoms with Crippen LogP contribution >= 0.6 is 23.3 Å². The summed E-state index contributed by atoms with van der Waals surface area (Å²) in [5.41, 5.74) is 6.80. The number of rotatable bonds is 4. The molecule has 2 rings (SSSR count). The van der Waals surface area contributed by atoms with Crippen LogP contribution in [0, 0.1) is 5.82 Å². The van der Waals surface area contributed by atoms with Crippen molar-refractivity contribution in [1.82, 2.24) is 4.37 Å². The van der Waals surface area contributed by atoms with Crippen LogP contribution in [-0.2, 0) is 0 Å². The number of halogens is 1. The van der Waals surface area contributed by atoms with Gasteiger partial charge in [-0.15, -0.1) is 11.8 Å². The second kappa shape index (κ2) is 5.58. The SMILES string of the molecule is CSc1c(N)nsc1NC(C)c1ccc(F)cc1. The Morgan fingerprint density at radius 3 is 2.67 bits per heavy atom. The van der Waals surface area contributed by atoms with Crippen LogP contribution in [0.1, 0.15) is 18.5 Å². The highest BCUT2D eigenvalue weighted by molar-refractivity contribution is 7.99. The van der Waals surface area contributed by atoms with Crippen LogP contribution in [0.2, 0.25) is 0 Å². The minimum absolute atomic E-state index is 0.0800. The maximum Gasteiger partial charge on any atom is 0.153 e. The molecular formula is C12H14FN3S2. The molecule has 1 heterocycles. The molecular weight excluding hydrogens is 269 g/mol. The van der Waals surface area contributed by atoms with E-state index in [1.54, 1.807) is 23.9 Å². The van der Waals surface area contributed by atoms with Crippen molar-refractivity contribution in [3.05, 3.63) is 35.6 Å². The van der Waals surface area contributed by atoms with Crippen LogP contribution < -0.4 is 11.1 Å². The summed E-state index contributed by atoms with van der Waals surface area (Å²) >= 11 is 2.91. The van der Waals surface area contributed by atoms with Gasteiger partial charge >= 0.3 is 0 Å². The Kier molecular flexibility index (Phi) is 4.08. The van der Waals surface area contributed by atoms with Crippen LogP contribution in [0.3, 0.4) is 0 Å². The van der Waals surface area contributed by atoms with E-state index in [9.17, 15) is 4.39 Å². The van der Waals surface area contributed by atoms with Crippen molar-refractivity contribution >= 4 is 34.1 Å². The van der Waals surface area contributed by atoms with Crippen molar-refractivity contribution in [3.63, 3.8) is 0 Å². The first kappa shape index (κ1) is 13.2. The molecule has 3 N–H and O–H groups in total. The first-order valence-corrected chi connectivity index (χ1v) is 7.42. The number of nitrogens with two attached hydrogens (primary N) is 1. The molecule has 0 amide bonds. The number of nitrogen functional groups attached to an aromatic ring is 1. The third-order valence-electron chi connectivity index (χ3n) is 2.60. The molecule has 0 fully saturated rings. The quantitative estimate of drug-likeness (QED) is 0.839. The molecule has 1 unspecified atom stereocenters. The van der Waals surface area contributed by atoms with E-state index in [1.165, 1.54) is 23.7 Å². The molecule has 96 valence electrons. The second-order valence-corrected chi connectivity index (χ2v) is 5.44. The van der Waals surface area contributed by atoms with Gasteiger partial charge < -0.3 is 11.1 Å². The molecule has 18 heavy (non-hydrogen) atoms. The van der Waals surface area contributed by atoms with Crippen LogP contribution in [0.15, 0.2) is 29.2 Å². The number of thioether (sulfide) groups is 1. The lowest BCUT2D eigenvalue weighted by molar-refractivity contribution is 0.626. The van der Waals surface area contributed by atoms with Crippen molar-refractivity contribution in [1.29, 1.82) is 0 Å². The molecule has 0 aliphatic carbocycles. The van der Waals surface area contributed by atoms with E-state index in [2.05, 4.69) is 9.69 Å². The summed E-state index contributed by atoms with van der Waals surface area (Å²) in [5.74, 6) is 0.332. The zero-order chi connectivity index (χ0) is 13.1. The largest absolute Gasteiger partial charge is 0.382 e. The van der Waals surface area contributed by atoms with E-state index in [4.69, 9.17) is 5.73 Å². The topological polar surface area (TPSA) is 50.9 Å². The Bertz CT molecular complexity index is 525. The fraction of sp³-hybridized carbons (Fsp3) is 0.250. The second-order valence-electron chi connectivity index (χ2n) is 3.85. The van der Waals surface area contributed by atoms with Gasteiger partial charge in [0, 0.05) is 6.04 Å². The van der Waals surface area contributed by atoms with E-state index >= 15 is 0 Å². The van der Waals surface area contributed by atoms with Crippen molar-refractivity contribution in [2.45, 2.75) is 17.9 Å². The molecule has 3 nitrogen and oxygen atoms in total. The molecule has 0 aliphatic rings. The van der Waals surface area contributed by atoms with Gasteiger partial charge in [-0.25, -0.2) is 4.39 Å². The molecule has 6 heteroatoms. The number of aromatic nitrogens is 1. The average molecular weight is 283 g/mol. The van der Waals surface area contributed by atoms with Crippen molar-refractivity contribution in [2.75, 3.05) is 17.3 Å². The molecule has 0 saturated heterocycles. The molecule has 0 aliphatic heterocycles. The van der Waals surface area contributed by atoms with Gasteiger partial charge in [0.15, 0.2) is 5.82 Å². The van der Waals surface area contributed by atoms with Crippen molar-refractivity contribution in [3.8, 4) is 0 Å². The Hall–Kier alpha value is -1.27. The number of hydrogen-bond acceptors (Lipinski definition) is 5. The smallest absolute Gasteiger partial charge is 0.153 e. The summed E-state index contributed by atoms with van der Waals surface area (Å²) in [6.07, 6.45) is 1.97. The Balaban J connectivity index is 2.15. The summed E-state index contributed by atoms with van der Waals surface area (Å²) in [7, 11) is 0. The van der Waals surface area contributed by atoms with Gasteiger partial charge in [0.25, 0.3) is 0 Å². The predicted octanol–water partition coefficient (Wildman–Crippen LogP) is 3.76. The van der Waals surface area contributed by atoms with E-state index in [0.29, 0.717) is 5.82 Å². The first-order chi connectivity index (χ1) is 8.61. The van der Waals surface area contributed by atoms with Gasteiger partial charge in [-0.1, -0.05) is 12.1 Å². The molecule has 0 spiro atoms. The Morgan fingerprint density at radius 2 is 2.06 bits per heavy atom. The van der Waals surface area contributed by atoms with E-state index < -0.39 is 0 Å². The van der Waals surface area contributed by atoms with Gasteiger partial charge in [0.2, 0.25) is 0 Å². The number of hydrogen-bond donors (Lipinski definition) is 2. The molecule has 1 aromatic heterocycles. The highest BCUT2D eigenvalue weighted by atomic mass is 32.2. The van der Waals surface area contributed by atoms with E-state index in [0.717, 1.165) is 15.5 Å².